The Hall–Kier alpha value is -0.150. The second-order valence-electron chi connectivity index (χ2n) is 3.51. The predicted octanol–water partition coefficient (Wildman–Crippen LogP) is 1.54. The van der Waals surface area contributed by atoms with Crippen LogP contribution < -0.4 is 5.73 Å². The maximum atomic E-state index is 5.50. The molecule has 1 aliphatic rings. The third-order valence-corrected chi connectivity index (χ3v) is 2.46. The maximum absolute atomic E-state index is 5.50. The van der Waals surface area contributed by atoms with Crippen molar-refractivity contribution in [2.24, 2.45) is 5.73 Å². The largest absolute Gasteiger partial charge is 0.392 e. The standard InChI is InChI=1S/C9H18N2S/c10-9(12)8-11-6-4-2-1-3-5-7-11/h1-8H2,(H2,10,12). The first kappa shape index (κ1) is 9.93. The summed E-state index contributed by atoms with van der Waals surface area (Å²) < 4.78 is 0. The van der Waals surface area contributed by atoms with Gasteiger partial charge in [0.2, 0.25) is 0 Å². The molecule has 0 aliphatic carbocycles. The van der Waals surface area contributed by atoms with Gasteiger partial charge >= 0.3 is 0 Å². The quantitative estimate of drug-likeness (QED) is 0.663. The Balaban J connectivity index is 2.24. The summed E-state index contributed by atoms with van der Waals surface area (Å²) >= 11 is 4.89. The highest BCUT2D eigenvalue weighted by Crippen LogP contribution is 2.09. The van der Waals surface area contributed by atoms with Crippen molar-refractivity contribution in [2.75, 3.05) is 19.6 Å². The lowest BCUT2D eigenvalue weighted by Gasteiger charge is -2.23. The zero-order valence-corrected chi connectivity index (χ0v) is 8.41. The van der Waals surface area contributed by atoms with Gasteiger partial charge < -0.3 is 5.73 Å². The van der Waals surface area contributed by atoms with Gasteiger partial charge in [0.1, 0.15) is 0 Å². The fourth-order valence-electron chi connectivity index (χ4n) is 1.69. The Morgan fingerprint density at radius 1 is 1.08 bits per heavy atom. The van der Waals surface area contributed by atoms with Gasteiger partial charge in [-0.25, -0.2) is 0 Å². The van der Waals surface area contributed by atoms with Crippen LogP contribution in [0.5, 0.6) is 0 Å². The molecule has 0 amide bonds. The van der Waals surface area contributed by atoms with E-state index in [0.29, 0.717) is 4.99 Å². The first-order chi connectivity index (χ1) is 5.79. The van der Waals surface area contributed by atoms with Crippen LogP contribution in [0.3, 0.4) is 0 Å². The van der Waals surface area contributed by atoms with Crippen LogP contribution in [0, 0.1) is 0 Å². The molecule has 1 aliphatic heterocycles. The van der Waals surface area contributed by atoms with Crippen molar-refractivity contribution < 1.29 is 0 Å². The average Bonchev–Trinajstić information content (AvgIpc) is 1.93. The lowest BCUT2D eigenvalue weighted by atomic mass is 10.1. The van der Waals surface area contributed by atoms with Gasteiger partial charge in [0.05, 0.1) is 4.99 Å². The van der Waals surface area contributed by atoms with Crippen LogP contribution >= 0.6 is 12.2 Å². The van der Waals surface area contributed by atoms with E-state index < -0.39 is 0 Å². The Labute approximate surface area is 80.1 Å². The number of rotatable bonds is 2. The molecule has 1 saturated heterocycles. The Morgan fingerprint density at radius 2 is 1.58 bits per heavy atom. The van der Waals surface area contributed by atoms with Crippen molar-refractivity contribution in [1.82, 2.24) is 4.90 Å². The van der Waals surface area contributed by atoms with E-state index in [2.05, 4.69) is 4.90 Å². The fourth-order valence-corrected chi connectivity index (χ4v) is 1.87. The van der Waals surface area contributed by atoms with Crippen LogP contribution in [-0.2, 0) is 0 Å². The third kappa shape index (κ3) is 4.02. The molecule has 2 N–H and O–H groups in total. The molecule has 1 fully saturated rings. The third-order valence-electron chi connectivity index (χ3n) is 2.33. The minimum Gasteiger partial charge on any atom is -0.392 e. The molecule has 0 radical (unpaired) electrons. The highest BCUT2D eigenvalue weighted by Gasteiger charge is 2.07. The SMILES string of the molecule is NC(=S)CN1CCCCCCC1. The normalized spacial score (nSPS) is 21.3. The summed E-state index contributed by atoms with van der Waals surface area (Å²) in [6.45, 7) is 3.17. The lowest BCUT2D eigenvalue weighted by molar-refractivity contribution is 0.279. The number of nitrogens with zero attached hydrogens (tertiary/aromatic N) is 1. The zero-order valence-electron chi connectivity index (χ0n) is 7.59. The number of hydrogen-bond acceptors (Lipinski definition) is 2. The summed E-state index contributed by atoms with van der Waals surface area (Å²) in [4.78, 5) is 3.01. The zero-order chi connectivity index (χ0) is 8.81. The maximum Gasteiger partial charge on any atom is 0.0870 e. The van der Waals surface area contributed by atoms with E-state index in [0.717, 1.165) is 6.54 Å². The number of thiocarbonyl (C=S) groups is 1. The van der Waals surface area contributed by atoms with Gasteiger partial charge in [-0.3, -0.25) is 4.90 Å². The van der Waals surface area contributed by atoms with E-state index in [4.69, 9.17) is 18.0 Å². The molecule has 1 rings (SSSR count). The van der Waals surface area contributed by atoms with E-state index in [1.54, 1.807) is 0 Å². The van der Waals surface area contributed by atoms with Gasteiger partial charge in [0, 0.05) is 6.54 Å². The van der Waals surface area contributed by atoms with Gasteiger partial charge in [-0.1, -0.05) is 31.5 Å². The smallest absolute Gasteiger partial charge is 0.0870 e. The summed E-state index contributed by atoms with van der Waals surface area (Å²) in [5.41, 5.74) is 5.50. The lowest BCUT2D eigenvalue weighted by Crippen LogP contribution is -2.34. The molecule has 0 spiro atoms. The van der Waals surface area contributed by atoms with Crippen LogP contribution in [0.15, 0.2) is 0 Å². The second-order valence-corrected chi connectivity index (χ2v) is 4.03. The van der Waals surface area contributed by atoms with Gasteiger partial charge in [-0.2, -0.15) is 0 Å². The summed E-state index contributed by atoms with van der Waals surface area (Å²) in [6, 6.07) is 0. The molecule has 0 aromatic rings. The molecule has 0 aromatic carbocycles. The first-order valence-electron chi connectivity index (χ1n) is 4.80. The molecule has 0 aromatic heterocycles. The molecule has 0 bridgehead atoms. The van der Waals surface area contributed by atoms with Crippen LogP contribution in [-0.4, -0.2) is 29.5 Å². The van der Waals surface area contributed by atoms with Crippen molar-refractivity contribution in [2.45, 2.75) is 32.1 Å². The number of likely N-dealkylation sites (tertiary alicyclic amines) is 1. The molecular weight excluding hydrogens is 168 g/mol. The Bertz CT molecular complexity index is 139. The first-order valence-corrected chi connectivity index (χ1v) is 5.20. The van der Waals surface area contributed by atoms with Gasteiger partial charge in [0.25, 0.3) is 0 Å². The minimum atomic E-state index is 0.635. The summed E-state index contributed by atoms with van der Waals surface area (Å²) in [7, 11) is 0. The Morgan fingerprint density at radius 3 is 2.08 bits per heavy atom. The summed E-state index contributed by atoms with van der Waals surface area (Å²) in [6.07, 6.45) is 6.76. The van der Waals surface area contributed by atoms with Crippen molar-refractivity contribution in [3.8, 4) is 0 Å². The van der Waals surface area contributed by atoms with E-state index in [-0.39, 0.29) is 0 Å². The van der Waals surface area contributed by atoms with Crippen molar-refractivity contribution in [1.29, 1.82) is 0 Å². The van der Waals surface area contributed by atoms with Gasteiger partial charge in [0.15, 0.2) is 0 Å². The highest BCUT2D eigenvalue weighted by atomic mass is 32.1. The fraction of sp³-hybridized carbons (Fsp3) is 0.889. The molecule has 70 valence electrons. The predicted molar refractivity (Wildman–Crippen MR) is 56.3 cm³/mol. The number of nitrogens with two attached hydrogens (primary N) is 1. The van der Waals surface area contributed by atoms with E-state index in [9.17, 15) is 0 Å². The van der Waals surface area contributed by atoms with Crippen LogP contribution in [0.25, 0.3) is 0 Å². The van der Waals surface area contributed by atoms with Crippen LogP contribution in [0.4, 0.5) is 0 Å². The summed E-state index contributed by atoms with van der Waals surface area (Å²) in [5, 5.41) is 0. The molecule has 0 saturated carbocycles. The van der Waals surface area contributed by atoms with Crippen molar-refractivity contribution in [3.05, 3.63) is 0 Å². The molecule has 0 atom stereocenters. The van der Waals surface area contributed by atoms with E-state index in [1.165, 1.54) is 45.2 Å². The van der Waals surface area contributed by atoms with E-state index in [1.807, 2.05) is 0 Å². The monoisotopic (exact) mass is 186 g/mol. The topological polar surface area (TPSA) is 29.3 Å². The second kappa shape index (κ2) is 5.49. The molecule has 0 unspecified atom stereocenters. The van der Waals surface area contributed by atoms with Crippen LogP contribution in [0.1, 0.15) is 32.1 Å². The number of hydrogen-bond donors (Lipinski definition) is 1. The molecule has 12 heavy (non-hydrogen) atoms. The van der Waals surface area contributed by atoms with Gasteiger partial charge in [-0.15, -0.1) is 0 Å². The average molecular weight is 186 g/mol. The van der Waals surface area contributed by atoms with Crippen molar-refractivity contribution in [3.63, 3.8) is 0 Å². The molecule has 2 nitrogen and oxygen atoms in total. The van der Waals surface area contributed by atoms with Crippen LogP contribution in [0.2, 0.25) is 0 Å². The van der Waals surface area contributed by atoms with E-state index >= 15 is 0 Å². The van der Waals surface area contributed by atoms with Gasteiger partial charge in [-0.05, 0) is 25.9 Å². The molecule has 3 heteroatoms. The van der Waals surface area contributed by atoms with Crippen molar-refractivity contribution >= 4 is 17.2 Å². The Kier molecular flexibility index (Phi) is 4.54. The molecule has 1 heterocycles. The minimum absolute atomic E-state index is 0.635. The highest BCUT2D eigenvalue weighted by molar-refractivity contribution is 7.80. The summed E-state index contributed by atoms with van der Waals surface area (Å²) in [5.74, 6) is 0. The molecular formula is C9H18N2S.